The SMILES string of the molecule is CCCCC(c1ccccc1)C(C)C(C)O. The first kappa shape index (κ1) is 13.2. The predicted octanol–water partition coefficient (Wildman–Crippen LogP) is 3.98. The molecule has 0 heterocycles. The van der Waals surface area contributed by atoms with E-state index in [1.54, 1.807) is 0 Å². The van der Waals surface area contributed by atoms with Gasteiger partial charge in [-0.3, -0.25) is 0 Å². The molecule has 3 atom stereocenters. The maximum atomic E-state index is 9.75. The van der Waals surface area contributed by atoms with Gasteiger partial charge >= 0.3 is 0 Å². The van der Waals surface area contributed by atoms with Crippen LogP contribution in [0.4, 0.5) is 0 Å². The molecule has 1 N–H and O–H groups in total. The number of aliphatic hydroxyl groups is 1. The number of unbranched alkanes of at least 4 members (excludes halogenated alkanes) is 1. The summed E-state index contributed by atoms with van der Waals surface area (Å²) in [5.41, 5.74) is 1.37. The highest BCUT2D eigenvalue weighted by Crippen LogP contribution is 2.31. The van der Waals surface area contributed by atoms with Crippen molar-refractivity contribution in [3.8, 4) is 0 Å². The lowest BCUT2D eigenvalue weighted by Crippen LogP contribution is -2.21. The number of hydrogen-bond acceptors (Lipinski definition) is 1. The highest BCUT2D eigenvalue weighted by molar-refractivity contribution is 5.20. The highest BCUT2D eigenvalue weighted by atomic mass is 16.3. The summed E-state index contributed by atoms with van der Waals surface area (Å²) >= 11 is 0. The Bertz CT molecular complexity index is 279. The first-order chi connectivity index (χ1) is 7.66. The lowest BCUT2D eigenvalue weighted by Gasteiger charge is -2.26. The molecule has 0 aliphatic heterocycles. The second-order valence-electron chi connectivity index (χ2n) is 4.76. The summed E-state index contributed by atoms with van der Waals surface area (Å²) in [6.45, 7) is 6.26. The maximum Gasteiger partial charge on any atom is 0.0543 e. The van der Waals surface area contributed by atoms with Crippen molar-refractivity contribution in [2.75, 3.05) is 0 Å². The lowest BCUT2D eigenvalue weighted by molar-refractivity contribution is 0.116. The summed E-state index contributed by atoms with van der Waals surface area (Å²) in [5.74, 6) is 0.815. The van der Waals surface area contributed by atoms with Crippen LogP contribution >= 0.6 is 0 Å². The van der Waals surface area contributed by atoms with E-state index >= 15 is 0 Å². The van der Waals surface area contributed by atoms with Crippen LogP contribution in [-0.4, -0.2) is 11.2 Å². The summed E-state index contributed by atoms with van der Waals surface area (Å²) in [7, 11) is 0. The third-order valence-corrected chi connectivity index (χ3v) is 3.49. The maximum absolute atomic E-state index is 9.75. The fraction of sp³-hybridized carbons (Fsp3) is 0.600. The number of rotatable bonds is 6. The van der Waals surface area contributed by atoms with E-state index in [-0.39, 0.29) is 6.10 Å². The molecule has 0 fully saturated rings. The Balaban J connectivity index is 2.79. The number of benzene rings is 1. The molecule has 0 saturated heterocycles. The summed E-state index contributed by atoms with van der Waals surface area (Å²) < 4.78 is 0. The van der Waals surface area contributed by atoms with Crippen molar-refractivity contribution in [3.05, 3.63) is 35.9 Å². The van der Waals surface area contributed by atoms with E-state index < -0.39 is 0 Å². The van der Waals surface area contributed by atoms with Crippen molar-refractivity contribution in [1.29, 1.82) is 0 Å². The standard InChI is InChI=1S/C15H24O/c1-4-5-11-15(12(2)13(3)16)14-9-7-6-8-10-14/h6-10,12-13,15-16H,4-5,11H2,1-3H3. The van der Waals surface area contributed by atoms with Crippen molar-refractivity contribution in [2.45, 2.75) is 52.1 Å². The van der Waals surface area contributed by atoms with Crippen LogP contribution < -0.4 is 0 Å². The van der Waals surface area contributed by atoms with Crippen LogP contribution in [0, 0.1) is 5.92 Å². The Kier molecular flexibility index (Phi) is 5.54. The van der Waals surface area contributed by atoms with Gasteiger partial charge in [-0.25, -0.2) is 0 Å². The van der Waals surface area contributed by atoms with Gasteiger partial charge in [0.05, 0.1) is 6.10 Å². The zero-order chi connectivity index (χ0) is 12.0. The molecule has 1 nitrogen and oxygen atoms in total. The van der Waals surface area contributed by atoms with Crippen LogP contribution in [0.1, 0.15) is 51.5 Å². The van der Waals surface area contributed by atoms with E-state index in [0.717, 1.165) is 0 Å². The van der Waals surface area contributed by atoms with Crippen molar-refractivity contribution < 1.29 is 5.11 Å². The van der Waals surface area contributed by atoms with Crippen molar-refractivity contribution in [3.63, 3.8) is 0 Å². The van der Waals surface area contributed by atoms with Gasteiger partial charge in [0, 0.05) is 0 Å². The van der Waals surface area contributed by atoms with Crippen molar-refractivity contribution in [2.24, 2.45) is 5.92 Å². The lowest BCUT2D eigenvalue weighted by atomic mass is 9.81. The normalized spacial score (nSPS) is 16.8. The minimum atomic E-state index is -0.234. The first-order valence-electron chi connectivity index (χ1n) is 6.39. The zero-order valence-electron chi connectivity index (χ0n) is 10.7. The average molecular weight is 220 g/mol. The van der Waals surface area contributed by atoms with Gasteiger partial charge in [0.1, 0.15) is 0 Å². The molecule has 16 heavy (non-hydrogen) atoms. The van der Waals surface area contributed by atoms with Gasteiger partial charge in [0.2, 0.25) is 0 Å². The number of aliphatic hydroxyl groups excluding tert-OH is 1. The van der Waals surface area contributed by atoms with Crippen LogP contribution in [0.2, 0.25) is 0 Å². The summed E-state index contributed by atoms with van der Waals surface area (Å²) in [5, 5.41) is 9.75. The minimum absolute atomic E-state index is 0.234. The Hall–Kier alpha value is -0.820. The van der Waals surface area contributed by atoms with Gasteiger partial charge in [-0.05, 0) is 30.7 Å². The monoisotopic (exact) mass is 220 g/mol. The van der Waals surface area contributed by atoms with E-state index in [4.69, 9.17) is 0 Å². The van der Waals surface area contributed by atoms with Crippen molar-refractivity contribution >= 4 is 0 Å². The van der Waals surface area contributed by atoms with Crippen LogP contribution in [0.25, 0.3) is 0 Å². The average Bonchev–Trinajstić information content (AvgIpc) is 2.30. The van der Waals surface area contributed by atoms with Gasteiger partial charge < -0.3 is 5.11 Å². The largest absolute Gasteiger partial charge is 0.393 e. The third-order valence-electron chi connectivity index (χ3n) is 3.49. The molecule has 90 valence electrons. The van der Waals surface area contributed by atoms with Gasteiger partial charge in [-0.15, -0.1) is 0 Å². The molecule has 0 aliphatic rings. The minimum Gasteiger partial charge on any atom is -0.393 e. The Morgan fingerprint density at radius 3 is 2.25 bits per heavy atom. The predicted molar refractivity (Wildman–Crippen MR) is 69.6 cm³/mol. The molecular formula is C15H24O. The second kappa shape index (κ2) is 6.70. The van der Waals surface area contributed by atoms with Gasteiger partial charge in [-0.2, -0.15) is 0 Å². The molecule has 0 saturated carbocycles. The van der Waals surface area contributed by atoms with Crippen LogP contribution in [0.3, 0.4) is 0 Å². The van der Waals surface area contributed by atoms with E-state index in [9.17, 15) is 5.11 Å². The molecule has 0 aromatic heterocycles. The molecule has 1 aromatic carbocycles. The highest BCUT2D eigenvalue weighted by Gasteiger charge is 2.22. The van der Waals surface area contributed by atoms with Crippen molar-refractivity contribution in [1.82, 2.24) is 0 Å². The quantitative estimate of drug-likeness (QED) is 0.769. The molecule has 0 radical (unpaired) electrons. The number of hydrogen-bond donors (Lipinski definition) is 1. The Morgan fingerprint density at radius 2 is 1.75 bits per heavy atom. The summed E-state index contributed by atoms with van der Waals surface area (Å²) in [6.07, 6.45) is 3.39. The van der Waals surface area contributed by atoms with Crippen LogP contribution in [0.15, 0.2) is 30.3 Å². The third kappa shape index (κ3) is 3.64. The molecular weight excluding hydrogens is 196 g/mol. The summed E-state index contributed by atoms with van der Waals surface area (Å²) in [6, 6.07) is 10.6. The molecule has 1 rings (SSSR count). The Labute approximate surface area is 99.5 Å². The van der Waals surface area contributed by atoms with E-state index in [0.29, 0.717) is 11.8 Å². The van der Waals surface area contributed by atoms with Gasteiger partial charge in [-0.1, -0.05) is 57.0 Å². The molecule has 0 aliphatic carbocycles. The molecule has 0 amide bonds. The smallest absolute Gasteiger partial charge is 0.0543 e. The molecule has 1 heteroatoms. The fourth-order valence-corrected chi connectivity index (χ4v) is 2.19. The second-order valence-corrected chi connectivity index (χ2v) is 4.76. The first-order valence-corrected chi connectivity index (χ1v) is 6.39. The van der Waals surface area contributed by atoms with Crippen LogP contribution in [0.5, 0.6) is 0 Å². The van der Waals surface area contributed by atoms with Crippen LogP contribution in [-0.2, 0) is 0 Å². The van der Waals surface area contributed by atoms with Gasteiger partial charge in [0.15, 0.2) is 0 Å². The fourth-order valence-electron chi connectivity index (χ4n) is 2.19. The molecule has 1 aromatic rings. The zero-order valence-corrected chi connectivity index (χ0v) is 10.7. The Morgan fingerprint density at radius 1 is 1.12 bits per heavy atom. The van der Waals surface area contributed by atoms with E-state index in [1.165, 1.54) is 24.8 Å². The molecule has 3 unspecified atom stereocenters. The topological polar surface area (TPSA) is 20.2 Å². The van der Waals surface area contributed by atoms with Gasteiger partial charge in [0.25, 0.3) is 0 Å². The van der Waals surface area contributed by atoms with E-state index in [1.807, 2.05) is 13.0 Å². The molecule has 0 spiro atoms. The summed E-state index contributed by atoms with van der Waals surface area (Å²) in [4.78, 5) is 0. The molecule has 0 bridgehead atoms. The van der Waals surface area contributed by atoms with E-state index in [2.05, 4.69) is 38.1 Å².